The highest BCUT2D eigenvalue weighted by Crippen LogP contribution is 2.27. The third kappa shape index (κ3) is 13.9. The monoisotopic (exact) mass is 552 g/mol. The fraction of sp³-hybridized carbons (Fsp3) is 0.588. The number of hydrogen-bond acceptors (Lipinski definition) is 4. The Labute approximate surface area is 242 Å². The molecule has 0 spiro atoms. The maximum atomic E-state index is 13.2. The van der Waals surface area contributed by atoms with Crippen molar-refractivity contribution in [2.45, 2.75) is 103 Å². The molecule has 0 saturated heterocycles. The van der Waals surface area contributed by atoms with Crippen molar-refractivity contribution in [3.63, 3.8) is 0 Å². The van der Waals surface area contributed by atoms with Crippen molar-refractivity contribution in [2.75, 3.05) is 27.3 Å². The Morgan fingerprint density at radius 2 is 1.35 bits per heavy atom. The van der Waals surface area contributed by atoms with E-state index in [2.05, 4.69) is 12.2 Å². The van der Waals surface area contributed by atoms with Gasteiger partial charge in [-0.25, -0.2) is 0 Å². The summed E-state index contributed by atoms with van der Waals surface area (Å²) in [4.78, 5) is 27.4. The zero-order valence-corrected chi connectivity index (χ0v) is 25.2. The molecule has 1 N–H and O–H groups in total. The van der Waals surface area contributed by atoms with Crippen LogP contribution in [-0.2, 0) is 22.6 Å². The number of ether oxygens (including phenoxy) is 2. The van der Waals surface area contributed by atoms with E-state index in [4.69, 9.17) is 9.47 Å². The van der Waals surface area contributed by atoms with Crippen LogP contribution in [0, 0.1) is 0 Å². The van der Waals surface area contributed by atoms with E-state index in [-0.39, 0.29) is 11.8 Å². The third-order valence-electron chi connectivity index (χ3n) is 7.36. The van der Waals surface area contributed by atoms with Crippen molar-refractivity contribution in [1.82, 2.24) is 10.2 Å². The van der Waals surface area contributed by atoms with Gasteiger partial charge in [0.25, 0.3) is 0 Å². The van der Waals surface area contributed by atoms with E-state index < -0.39 is 0 Å². The lowest BCUT2D eigenvalue weighted by Gasteiger charge is -2.23. The van der Waals surface area contributed by atoms with Crippen LogP contribution in [0.4, 0.5) is 0 Å². The highest BCUT2D eigenvalue weighted by molar-refractivity contribution is 5.79. The molecule has 0 atom stereocenters. The Bertz CT molecular complexity index is 964. The van der Waals surface area contributed by atoms with Crippen LogP contribution in [0.15, 0.2) is 48.5 Å². The summed E-state index contributed by atoms with van der Waals surface area (Å²) >= 11 is 0. The zero-order chi connectivity index (χ0) is 28.8. The molecule has 2 rings (SSSR count). The lowest BCUT2D eigenvalue weighted by molar-refractivity contribution is -0.131. The molecule has 0 radical (unpaired) electrons. The van der Waals surface area contributed by atoms with E-state index in [0.717, 1.165) is 24.0 Å². The molecule has 0 heterocycles. The van der Waals surface area contributed by atoms with Gasteiger partial charge in [-0.3, -0.25) is 9.59 Å². The van der Waals surface area contributed by atoms with Crippen molar-refractivity contribution >= 4 is 11.8 Å². The molecule has 40 heavy (non-hydrogen) atoms. The summed E-state index contributed by atoms with van der Waals surface area (Å²) < 4.78 is 10.8. The molecule has 0 saturated carbocycles. The lowest BCUT2D eigenvalue weighted by atomic mass is 10.1. The van der Waals surface area contributed by atoms with Gasteiger partial charge in [-0.15, -0.1) is 0 Å². The molecule has 2 aromatic carbocycles. The minimum absolute atomic E-state index is 0.0410. The number of unbranched alkanes of at least 4 members (excludes halogenated alkanes) is 10. The first-order valence-corrected chi connectivity index (χ1v) is 15.4. The first-order valence-electron chi connectivity index (χ1n) is 15.4. The fourth-order valence-corrected chi connectivity index (χ4v) is 4.90. The van der Waals surface area contributed by atoms with Gasteiger partial charge in [-0.1, -0.05) is 108 Å². The van der Waals surface area contributed by atoms with Crippen molar-refractivity contribution in [1.29, 1.82) is 0 Å². The summed E-state index contributed by atoms with van der Waals surface area (Å²) in [5.41, 5.74) is 2.16. The quantitative estimate of drug-likeness (QED) is 0.154. The van der Waals surface area contributed by atoms with Gasteiger partial charge in [0, 0.05) is 32.5 Å². The first kappa shape index (κ1) is 33.2. The molecule has 2 aromatic rings. The Hall–Kier alpha value is -3.02. The predicted octanol–water partition coefficient (Wildman–Crippen LogP) is 7.48. The van der Waals surface area contributed by atoms with Crippen molar-refractivity contribution < 1.29 is 19.1 Å². The SMILES string of the molecule is CCCCCCCCCCCCCC(=O)NCCC(=O)N(CCc1ccc(OC)c(OC)c1)Cc1ccccc1. The highest BCUT2D eigenvalue weighted by atomic mass is 16.5. The second-order valence-corrected chi connectivity index (χ2v) is 10.6. The summed E-state index contributed by atoms with van der Waals surface area (Å²) in [6, 6.07) is 15.9. The zero-order valence-electron chi connectivity index (χ0n) is 25.2. The number of nitrogens with zero attached hydrogens (tertiary/aromatic N) is 1. The van der Waals surface area contributed by atoms with Crippen molar-refractivity contribution in [3.8, 4) is 11.5 Å². The number of nitrogens with one attached hydrogen (secondary N) is 1. The number of methoxy groups -OCH3 is 2. The van der Waals surface area contributed by atoms with Gasteiger partial charge < -0.3 is 19.7 Å². The third-order valence-corrected chi connectivity index (χ3v) is 7.36. The molecule has 0 aliphatic rings. The smallest absolute Gasteiger partial charge is 0.224 e. The molecule has 0 fully saturated rings. The molecule has 0 aliphatic heterocycles. The largest absolute Gasteiger partial charge is 0.493 e. The fourth-order valence-electron chi connectivity index (χ4n) is 4.90. The molecule has 222 valence electrons. The van der Waals surface area contributed by atoms with Crippen LogP contribution in [0.1, 0.15) is 102 Å². The Morgan fingerprint density at radius 1 is 0.725 bits per heavy atom. The van der Waals surface area contributed by atoms with Gasteiger partial charge in [-0.05, 0) is 36.1 Å². The average Bonchev–Trinajstić information content (AvgIpc) is 2.98. The van der Waals surface area contributed by atoms with E-state index in [1.54, 1.807) is 14.2 Å². The summed E-state index contributed by atoms with van der Waals surface area (Å²) in [5, 5.41) is 2.95. The van der Waals surface area contributed by atoms with Crippen LogP contribution in [0.5, 0.6) is 11.5 Å². The number of rotatable bonds is 22. The maximum Gasteiger partial charge on any atom is 0.224 e. The van der Waals surface area contributed by atoms with Crippen LogP contribution in [0.25, 0.3) is 0 Å². The Kier molecular flexibility index (Phi) is 17.3. The van der Waals surface area contributed by atoms with Gasteiger partial charge >= 0.3 is 0 Å². The van der Waals surface area contributed by atoms with E-state index in [1.807, 2.05) is 53.4 Å². The van der Waals surface area contributed by atoms with Gasteiger partial charge in [0.2, 0.25) is 11.8 Å². The highest BCUT2D eigenvalue weighted by Gasteiger charge is 2.15. The van der Waals surface area contributed by atoms with Crippen LogP contribution in [-0.4, -0.2) is 44.0 Å². The van der Waals surface area contributed by atoms with Crippen molar-refractivity contribution in [3.05, 3.63) is 59.7 Å². The number of benzene rings is 2. The maximum absolute atomic E-state index is 13.2. The van der Waals surface area contributed by atoms with Gasteiger partial charge in [0.05, 0.1) is 14.2 Å². The molecule has 6 nitrogen and oxygen atoms in total. The van der Waals surface area contributed by atoms with Gasteiger partial charge in [-0.2, -0.15) is 0 Å². The normalized spacial score (nSPS) is 10.8. The molecular weight excluding hydrogens is 500 g/mol. The summed E-state index contributed by atoms with van der Waals surface area (Å²) in [6.45, 7) is 3.75. The lowest BCUT2D eigenvalue weighted by Crippen LogP contribution is -2.35. The minimum Gasteiger partial charge on any atom is -0.493 e. The van der Waals surface area contributed by atoms with Crippen LogP contribution >= 0.6 is 0 Å². The Morgan fingerprint density at radius 3 is 1.98 bits per heavy atom. The average molecular weight is 553 g/mol. The first-order chi connectivity index (χ1) is 19.6. The van der Waals surface area contributed by atoms with E-state index in [1.165, 1.54) is 57.8 Å². The number of amides is 2. The molecule has 6 heteroatoms. The van der Waals surface area contributed by atoms with Crippen LogP contribution in [0.3, 0.4) is 0 Å². The number of carbonyl (C=O) groups excluding carboxylic acids is 2. The van der Waals surface area contributed by atoms with Crippen LogP contribution in [0.2, 0.25) is 0 Å². The molecule has 0 aromatic heterocycles. The topological polar surface area (TPSA) is 67.9 Å². The standard InChI is InChI=1S/C34H52N2O4/c1-4-5-6-7-8-9-10-11-12-13-17-20-33(37)35-25-23-34(38)36(28-30-18-15-14-16-19-30)26-24-29-21-22-31(39-2)32(27-29)40-3/h14-16,18-19,21-22,27H,4-13,17,20,23-26,28H2,1-3H3,(H,35,37). The van der Waals surface area contributed by atoms with Gasteiger partial charge in [0.1, 0.15) is 0 Å². The summed E-state index contributed by atoms with van der Waals surface area (Å²) in [7, 11) is 3.24. The van der Waals surface area contributed by atoms with E-state index in [0.29, 0.717) is 50.4 Å². The molecule has 0 bridgehead atoms. The van der Waals surface area contributed by atoms with E-state index >= 15 is 0 Å². The summed E-state index contributed by atoms with van der Waals surface area (Å²) in [6.07, 6.45) is 15.5. The van der Waals surface area contributed by atoms with Crippen LogP contribution < -0.4 is 14.8 Å². The number of carbonyl (C=O) groups is 2. The number of hydrogen-bond donors (Lipinski definition) is 1. The minimum atomic E-state index is 0.0410. The van der Waals surface area contributed by atoms with Gasteiger partial charge in [0.15, 0.2) is 11.5 Å². The second-order valence-electron chi connectivity index (χ2n) is 10.6. The van der Waals surface area contributed by atoms with Crippen molar-refractivity contribution in [2.24, 2.45) is 0 Å². The molecule has 2 amide bonds. The molecular formula is C34H52N2O4. The Balaban J connectivity index is 1.70. The second kappa shape index (κ2) is 20.8. The van der Waals surface area contributed by atoms with E-state index in [9.17, 15) is 9.59 Å². The molecule has 0 aliphatic carbocycles. The predicted molar refractivity (Wildman–Crippen MR) is 164 cm³/mol. The molecule has 0 unspecified atom stereocenters. The summed E-state index contributed by atoms with van der Waals surface area (Å²) in [5.74, 6) is 1.46.